The summed E-state index contributed by atoms with van der Waals surface area (Å²) in [6.07, 6.45) is 4.95. The highest BCUT2D eigenvalue weighted by Gasteiger charge is 2.23. The molecule has 5 heteroatoms. The normalized spacial score (nSPS) is 14.1. The average Bonchev–Trinajstić information content (AvgIpc) is 2.32. The summed E-state index contributed by atoms with van der Waals surface area (Å²) in [5.74, 6) is -1.17. The largest absolute Gasteiger partial charge is 0.391 e. The maximum atomic E-state index is 11.5. The molecule has 17 heavy (non-hydrogen) atoms. The van der Waals surface area contributed by atoms with Crippen molar-refractivity contribution in [3.8, 4) is 0 Å². The van der Waals surface area contributed by atoms with Crippen LogP contribution in [0.5, 0.6) is 0 Å². The second kappa shape index (κ2) is 9.89. The van der Waals surface area contributed by atoms with Crippen LogP contribution in [0.2, 0.25) is 0 Å². The summed E-state index contributed by atoms with van der Waals surface area (Å²) in [6.45, 7) is 4.05. The molecule has 0 spiro atoms. The zero-order valence-corrected chi connectivity index (χ0v) is 12.7. The van der Waals surface area contributed by atoms with Crippen LogP contribution >= 0.6 is 27.5 Å². The van der Waals surface area contributed by atoms with E-state index in [9.17, 15) is 9.59 Å². The number of unbranched alkanes of at least 4 members (excludes halogenated alkanes) is 2. The molecule has 0 fully saturated rings. The smallest absolute Gasteiger partial charge is 0.331 e. The number of hydrogen-bond donors (Lipinski definition) is 0. The predicted molar refractivity (Wildman–Crippen MR) is 72.5 cm³/mol. The highest BCUT2D eigenvalue weighted by molar-refractivity contribution is 9.10. The van der Waals surface area contributed by atoms with Crippen molar-refractivity contribution in [2.45, 2.75) is 62.6 Å². The maximum Gasteiger partial charge on any atom is 0.331 e. The summed E-state index contributed by atoms with van der Waals surface area (Å²) in [5, 5.41) is -0.718. The first-order chi connectivity index (χ1) is 8.02. The first kappa shape index (κ1) is 16.9. The van der Waals surface area contributed by atoms with E-state index in [0.717, 1.165) is 25.7 Å². The van der Waals surface area contributed by atoms with E-state index >= 15 is 0 Å². The van der Waals surface area contributed by atoms with E-state index in [0.29, 0.717) is 12.8 Å². The SMILES string of the molecule is CCCCC(Cl)C(=O)OC(=O)C(Br)CCCC. The molecule has 100 valence electrons. The first-order valence-corrected chi connectivity index (χ1v) is 7.41. The third kappa shape index (κ3) is 7.77. The molecule has 0 heterocycles. The Bertz CT molecular complexity index is 222. The molecule has 0 aromatic heterocycles. The molecular formula is C12H20BrClO3. The third-order valence-electron chi connectivity index (χ3n) is 2.33. The summed E-state index contributed by atoms with van der Waals surface area (Å²) in [6, 6.07) is 0. The molecular weight excluding hydrogens is 307 g/mol. The quantitative estimate of drug-likeness (QED) is 0.387. The Morgan fingerprint density at radius 3 is 2.18 bits per heavy atom. The average molecular weight is 328 g/mol. The Morgan fingerprint density at radius 1 is 1.12 bits per heavy atom. The highest BCUT2D eigenvalue weighted by atomic mass is 79.9. The number of hydrogen-bond acceptors (Lipinski definition) is 3. The van der Waals surface area contributed by atoms with Gasteiger partial charge in [-0.05, 0) is 12.8 Å². The zero-order valence-electron chi connectivity index (χ0n) is 10.4. The van der Waals surface area contributed by atoms with Gasteiger partial charge in [-0.15, -0.1) is 11.6 Å². The van der Waals surface area contributed by atoms with Crippen LogP contribution in [0, 0.1) is 0 Å². The molecule has 0 saturated heterocycles. The van der Waals surface area contributed by atoms with E-state index in [2.05, 4.69) is 15.9 Å². The number of esters is 2. The second-order valence-corrected chi connectivity index (χ2v) is 5.59. The van der Waals surface area contributed by atoms with Gasteiger partial charge in [-0.3, -0.25) is 4.79 Å². The summed E-state index contributed by atoms with van der Waals surface area (Å²) >= 11 is 9.03. The van der Waals surface area contributed by atoms with Crippen molar-refractivity contribution in [1.29, 1.82) is 0 Å². The van der Waals surface area contributed by atoms with Crippen molar-refractivity contribution in [3.63, 3.8) is 0 Å². The van der Waals surface area contributed by atoms with Crippen molar-refractivity contribution >= 4 is 39.5 Å². The standard InChI is InChI=1S/C12H20BrClO3/c1-3-5-7-9(13)11(15)17-12(16)10(14)8-6-4-2/h9-10H,3-8H2,1-2H3. The lowest BCUT2D eigenvalue weighted by atomic mass is 10.2. The molecule has 0 amide bonds. The minimum Gasteiger partial charge on any atom is -0.391 e. The number of carbonyl (C=O) groups is 2. The van der Waals surface area contributed by atoms with Gasteiger partial charge < -0.3 is 4.74 Å². The molecule has 0 saturated carbocycles. The Kier molecular flexibility index (Phi) is 9.84. The molecule has 0 aliphatic heterocycles. The van der Waals surface area contributed by atoms with E-state index in [1.165, 1.54) is 0 Å². The van der Waals surface area contributed by atoms with Crippen molar-refractivity contribution < 1.29 is 14.3 Å². The minimum absolute atomic E-state index is 0.415. The number of carbonyl (C=O) groups excluding carboxylic acids is 2. The van der Waals surface area contributed by atoms with Gasteiger partial charge in [-0.2, -0.15) is 0 Å². The van der Waals surface area contributed by atoms with Crippen LogP contribution in [-0.4, -0.2) is 22.1 Å². The number of ether oxygens (including phenoxy) is 1. The Balaban J connectivity index is 3.97. The monoisotopic (exact) mass is 326 g/mol. The molecule has 0 radical (unpaired) electrons. The minimum atomic E-state index is -0.718. The van der Waals surface area contributed by atoms with Gasteiger partial charge in [-0.25, -0.2) is 4.79 Å². The fraction of sp³-hybridized carbons (Fsp3) is 0.833. The molecule has 0 bridgehead atoms. The fourth-order valence-corrected chi connectivity index (χ4v) is 1.85. The zero-order chi connectivity index (χ0) is 13.3. The van der Waals surface area contributed by atoms with Gasteiger partial charge in [0.15, 0.2) is 0 Å². The lowest BCUT2D eigenvalue weighted by molar-refractivity contribution is -0.159. The van der Waals surface area contributed by atoms with Gasteiger partial charge in [0, 0.05) is 0 Å². The summed E-state index contributed by atoms with van der Waals surface area (Å²) in [5.41, 5.74) is 0. The van der Waals surface area contributed by atoms with Gasteiger partial charge in [0.1, 0.15) is 10.2 Å². The molecule has 2 unspecified atom stereocenters. The van der Waals surface area contributed by atoms with E-state index < -0.39 is 22.1 Å². The predicted octanol–water partition coefficient (Wildman–Crippen LogP) is 3.81. The molecule has 0 aliphatic carbocycles. The highest BCUT2D eigenvalue weighted by Crippen LogP contribution is 2.14. The topological polar surface area (TPSA) is 43.4 Å². The Labute approximate surface area is 116 Å². The molecule has 0 rings (SSSR count). The summed E-state index contributed by atoms with van der Waals surface area (Å²) < 4.78 is 4.71. The molecule has 0 N–H and O–H groups in total. The first-order valence-electron chi connectivity index (χ1n) is 6.06. The van der Waals surface area contributed by atoms with Crippen LogP contribution in [0.25, 0.3) is 0 Å². The van der Waals surface area contributed by atoms with Gasteiger partial charge in [0.25, 0.3) is 0 Å². The molecule has 0 aromatic carbocycles. The summed E-state index contributed by atoms with van der Waals surface area (Å²) in [7, 11) is 0. The van der Waals surface area contributed by atoms with Crippen LogP contribution in [0.3, 0.4) is 0 Å². The van der Waals surface area contributed by atoms with Crippen LogP contribution in [0.1, 0.15) is 52.4 Å². The van der Waals surface area contributed by atoms with Crippen LogP contribution < -0.4 is 0 Å². The van der Waals surface area contributed by atoms with Gasteiger partial charge in [0.2, 0.25) is 0 Å². The molecule has 3 nitrogen and oxygen atoms in total. The number of rotatable bonds is 8. The van der Waals surface area contributed by atoms with E-state index in [1.807, 2.05) is 13.8 Å². The summed E-state index contributed by atoms with van der Waals surface area (Å²) in [4.78, 5) is 22.5. The van der Waals surface area contributed by atoms with Gasteiger partial charge >= 0.3 is 11.9 Å². The molecule has 2 atom stereocenters. The van der Waals surface area contributed by atoms with Gasteiger partial charge in [0.05, 0.1) is 0 Å². The van der Waals surface area contributed by atoms with Crippen LogP contribution in [-0.2, 0) is 14.3 Å². The van der Waals surface area contributed by atoms with Crippen molar-refractivity contribution in [3.05, 3.63) is 0 Å². The van der Waals surface area contributed by atoms with Crippen LogP contribution in [0.15, 0.2) is 0 Å². The van der Waals surface area contributed by atoms with E-state index in [1.54, 1.807) is 0 Å². The Morgan fingerprint density at radius 2 is 1.65 bits per heavy atom. The van der Waals surface area contributed by atoms with E-state index in [-0.39, 0.29) is 0 Å². The fourth-order valence-electron chi connectivity index (χ4n) is 1.23. The lowest BCUT2D eigenvalue weighted by Crippen LogP contribution is -2.26. The van der Waals surface area contributed by atoms with Crippen molar-refractivity contribution in [1.82, 2.24) is 0 Å². The molecule has 0 aliphatic rings. The third-order valence-corrected chi connectivity index (χ3v) is 3.56. The lowest BCUT2D eigenvalue weighted by Gasteiger charge is -2.10. The Hall–Kier alpha value is -0.0900. The number of alkyl halides is 2. The second-order valence-electron chi connectivity index (χ2n) is 3.96. The van der Waals surface area contributed by atoms with Gasteiger partial charge in [-0.1, -0.05) is 55.5 Å². The van der Waals surface area contributed by atoms with Crippen molar-refractivity contribution in [2.75, 3.05) is 0 Å². The van der Waals surface area contributed by atoms with Crippen molar-refractivity contribution in [2.24, 2.45) is 0 Å². The van der Waals surface area contributed by atoms with Crippen LogP contribution in [0.4, 0.5) is 0 Å². The maximum absolute atomic E-state index is 11.5. The molecule has 0 aromatic rings. The van der Waals surface area contributed by atoms with E-state index in [4.69, 9.17) is 16.3 Å². The number of halogens is 2.